The summed E-state index contributed by atoms with van der Waals surface area (Å²) >= 11 is 0. The molecule has 19 heavy (non-hydrogen) atoms. The summed E-state index contributed by atoms with van der Waals surface area (Å²) in [6.07, 6.45) is 0.674. The third-order valence-electron chi connectivity index (χ3n) is 2.62. The van der Waals surface area contributed by atoms with Crippen molar-refractivity contribution in [3.05, 3.63) is 29.8 Å². The number of halogens is 2. The molecule has 1 atom stereocenters. The summed E-state index contributed by atoms with van der Waals surface area (Å²) in [6.45, 7) is -0.315. The highest BCUT2D eigenvalue weighted by Crippen LogP contribution is 2.19. The summed E-state index contributed by atoms with van der Waals surface area (Å²) in [5.41, 5.74) is 0.928. The summed E-state index contributed by atoms with van der Waals surface area (Å²) in [5, 5.41) is 11.7. The highest BCUT2D eigenvalue weighted by molar-refractivity contribution is 5.66. The molecule has 4 nitrogen and oxygen atoms in total. The molecule has 0 saturated carbocycles. The summed E-state index contributed by atoms with van der Waals surface area (Å²) in [6, 6.07) is 6.39. The predicted octanol–water partition coefficient (Wildman–Crippen LogP) is 2.80. The zero-order chi connectivity index (χ0) is 14.3. The van der Waals surface area contributed by atoms with Crippen molar-refractivity contribution in [2.24, 2.45) is 0 Å². The van der Waals surface area contributed by atoms with E-state index in [2.05, 4.69) is 10.1 Å². The van der Waals surface area contributed by atoms with Crippen LogP contribution in [0, 0.1) is 0 Å². The number of carboxylic acid groups (broad SMARTS) is 1. The molecule has 1 rings (SSSR count). The Labute approximate surface area is 110 Å². The van der Waals surface area contributed by atoms with E-state index >= 15 is 0 Å². The van der Waals surface area contributed by atoms with Crippen LogP contribution < -0.4 is 10.1 Å². The topological polar surface area (TPSA) is 58.6 Å². The molecule has 0 heterocycles. The SMILES string of the molecule is CC(NCCCC(=O)O)c1ccc(OC(F)F)cc1. The highest BCUT2D eigenvalue weighted by atomic mass is 19.3. The number of carboxylic acids is 1. The molecule has 1 aromatic carbocycles. The number of hydrogen-bond donors (Lipinski definition) is 2. The van der Waals surface area contributed by atoms with Crippen molar-refractivity contribution in [3.8, 4) is 5.75 Å². The van der Waals surface area contributed by atoms with Crippen LogP contribution in [-0.2, 0) is 4.79 Å². The lowest BCUT2D eigenvalue weighted by atomic mass is 10.1. The van der Waals surface area contributed by atoms with Crippen LogP contribution >= 0.6 is 0 Å². The predicted molar refractivity (Wildman–Crippen MR) is 66.4 cm³/mol. The largest absolute Gasteiger partial charge is 0.481 e. The summed E-state index contributed by atoms with van der Waals surface area (Å²) in [4.78, 5) is 10.3. The minimum absolute atomic E-state index is 0.0226. The third kappa shape index (κ3) is 6.15. The standard InChI is InChI=1S/C13H17F2NO3/c1-9(16-8-2-3-12(17)18)10-4-6-11(7-5-10)19-13(14)15/h4-7,9,13,16H,2-3,8H2,1H3,(H,17,18). The molecule has 0 amide bonds. The molecule has 106 valence electrons. The monoisotopic (exact) mass is 273 g/mol. The van der Waals surface area contributed by atoms with E-state index in [0.29, 0.717) is 13.0 Å². The van der Waals surface area contributed by atoms with Crippen LogP contribution in [0.5, 0.6) is 5.75 Å². The first-order valence-electron chi connectivity index (χ1n) is 5.99. The molecular weight excluding hydrogens is 256 g/mol. The van der Waals surface area contributed by atoms with Crippen molar-refractivity contribution in [1.82, 2.24) is 5.32 Å². The van der Waals surface area contributed by atoms with Gasteiger partial charge in [0.05, 0.1) is 0 Å². The third-order valence-corrected chi connectivity index (χ3v) is 2.62. The van der Waals surface area contributed by atoms with Gasteiger partial charge in [0.2, 0.25) is 0 Å². The molecule has 0 saturated heterocycles. The van der Waals surface area contributed by atoms with Gasteiger partial charge in [-0.15, -0.1) is 0 Å². The van der Waals surface area contributed by atoms with Gasteiger partial charge < -0.3 is 15.2 Å². The van der Waals surface area contributed by atoms with Crippen molar-refractivity contribution in [1.29, 1.82) is 0 Å². The van der Waals surface area contributed by atoms with Gasteiger partial charge in [0, 0.05) is 12.5 Å². The summed E-state index contributed by atoms with van der Waals surface area (Å²) in [7, 11) is 0. The number of alkyl halides is 2. The first kappa shape index (κ1) is 15.4. The molecule has 1 aromatic rings. The van der Waals surface area contributed by atoms with Crippen LogP contribution in [0.2, 0.25) is 0 Å². The zero-order valence-corrected chi connectivity index (χ0v) is 10.6. The average molecular weight is 273 g/mol. The normalized spacial score (nSPS) is 12.4. The molecule has 0 spiro atoms. The summed E-state index contributed by atoms with van der Waals surface area (Å²) in [5.74, 6) is -0.695. The van der Waals surface area contributed by atoms with Crippen molar-refractivity contribution in [3.63, 3.8) is 0 Å². The van der Waals surface area contributed by atoms with Gasteiger partial charge >= 0.3 is 12.6 Å². The Kier molecular flexibility index (Phi) is 6.21. The lowest BCUT2D eigenvalue weighted by Crippen LogP contribution is -2.20. The van der Waals surface area contributed by atoms with Crippen LogP contribution in [0.15, 0.2) is 24.3 Å². The fourth-order valence-electron chi connectivity index (χ4n) is 1.61. The zero-order valence-electron chi connectivity index (χ0n) is 10.6. The van der Waals surface area contributed by atoms with Crippen LogP contribution in [0.1, 0.15) is 31.4 Å². The minimum Gasteiger partial charge on any atom is -0.481 e. The van der Waals surface area contributed by atoms with Gasteiger partial charge in [-0.1, -0.05) is 12.1 Å². The van der Waals surface area contributed by atoms with Crippen LogP contribution in [0.3, 0.4) is 0 Å². The molecule has 6 heteroatoms. The lowest BCUT2D eigenvalue weighted by molar-refractivity contribution is -0.137. The summed E-state index contributed by atoms with van der Waals surface area (Å²) < 4.78 is 28.2. The quantitative estimate of drug-likeness (QED) is 0.715. The molecule has 0 aromatic heterocycles. The molecule has 1 unspecified atom stereocenters. The van der Waals surface area contributed by atoms with Crippen molar-refractivity contribution < 1.29 is 23.4 Å². The van der Waals surface area contributed by atoms with Crippen LogP contribution in [-0.4, -0.2) is 24.2 Å². The number of hydrogen-bond acceptors (Lipinski definition) is 3. The first-order chi connectivity index (χ1) is 8.99. The molecule has 0 aliphatic carbocycles. The molecule has 0 aliphatic rings. The van der Waals surface area contributed by atoms with Gasteiger partial charge in [0.1, 0.15) is 5.75 Å². The lowest BCUT2D eigenvalue weighted by Gasteiger charge is -2.14. The van der Waals surface area contributed by atoms with E-state index < -0.39 is 12.6 Å². The van der Waals surface area contributed by atoms with Gasteiger partial charge in [-0.2, -0.15) is 8.78 Å². The number of rotatable bonds is 8. The van der Waals surface area contributed by atoms with E-state index in [1.165, 1.54) is 12.1 Å². The van der Waals surface area contributed by atoms with Gasteiger partial charge in [-0.3, -0.25) is 4.79 Å². The van der Waals surface area contributed by atoms with Crippen LogP contribution in [0.25, 0.3) is 0 Å². The maximum Gasteiger partial charge on any atom is 0.387 e. The second-order valence-corrected chi connectivity index (χ2v) is 4.12. The van der Waals surface area contributed by atoms with E-state index in [9.17, 15) is 13.6 Å². The molecule has 0 radical (unpaired) electrons. The number of nitrogens with one attached hydrogen (secondary N) is 1. The van der Waals surface area contributed by atoms with Gasteiger partial charge in [-0.25, -0.2) is 0 Å². The number of benzene rings is 1. The Balaban J connectivity index is 2.39. The Morgan fingerprint density at radius 3 is 2.53 bits per heavy atom. The average Bonchev–Trinajstić information content (AvgIpc) is 2.34. The van der Waals surface area contributed by atoms with Crippen molar-refractivity contribution >= 4 is 5.97 Å². The highest BCUT2D eigenvalue weighted by Gasteiger charge is 2.07. The maximum atomic E-state index is 12.0. The Hall–Kier alpha value is -1.69. The second-order valence-electron chi connectivity index (χ2n) is 4.12. The van der Waals surface area contributed by atoms with E-state index in [-0.39, 0.29) is 18.2 Å². The molecular formula is C13H17F2NO3. The molecule has 2 N–H and O–H groups in total. The van der Waals surface area contributed by atoms with Crippen LogP contribution in [0.4, 0.5) is 8.78 Å². The maximum absolute atomic E-state index is 12.0. The van der Waals surface area contributed by atoms with Gasteiger partial charge in [-0.05, 0) is 37.6 Å². The number of ether oxygens (including phenoxy) is 1. The Morgan fingerprint density at radius 2 is 2.00 bits per heavy atom. The minimum atomic E-state index is -2.82. The Bertz CT molecular complexity index is 395. The van der Waals surface area contributed by atoms with E-state index in [0.717, 1.165) is 5.56 Å². The first-order valence-corrected chi connectivity index (χ1v) is 5.99. The van der Waals surface area contributed by atoms with E-state index in [1.807, 2.05) is 6.92 Å². The molecule has 0 fully saturated rings. The van der Waals surface area contributed by atoms with Gasteiger partial charge in [0.25, 0.3) is 0 Å². The second kappa shape index (κ2) is 7.68. The fraction of sp³-hybridized carbons (Fsp3) is 0.462. The molecule has 0 aliphatic heterocycles. The Morgan fingerprint density at radius 1 is 1.37 bits per heavy atom. The van der Waals surface area contributed by atoms with Crippen molar-refractivity contribution in [2.45, 2.75) is 32.4 Å². The number of carbonyl (C=O) groups is 1. The van der Waals surface area contributed by atoms with E-state index in [4.69, 9.17) is 5.11 Å². The van der Waals surface area contributed by atoms with E-state index in [1.54, 1.807) is 12.1 Å². The number of aliphatic carboxylic acids is 1. The van der Waals surface area contributed by atoms with Crippen molar-refractivity contribution in [2.75, 3.05) is 6.54 Å². The molecule has 0 bridgehead atoms. The fourth-order valence-corrected chi connectivity index (χ4v) is 1.61. The van der Waals surface area contributed by atoms with Gasteiger partial charge in [0.15, 0.2) is 0 Å². The smallest absolute Gasteiger partial charge is 0.387 e.